The van der Waals surface area contributed by atoms with Gasteiger partial charge in [-0.05, 0) is 36.1 Å². The highest BCUT2D eigenvalue weighted by molar-refractivity contribution is 6.16. The number of hydrogen-bond donors (Lipinski definition) is 0. The van der Waals surface area contributed by atoms with Crippen molar-refractivity contribution in [2.24, 2.45) is 0 Å². The van der Waals surface area contributed by atoms with Gasteiger partial charge in [0.05, 0.1) is 18.1 Å². The van der Waals surface area contributed by atoms with Crippen molar-refractivity contribution < 1.29 is 4.74 Å². The van der Waals surface area contributed by atoms with E-state index in [1.165, 1.54) is 11.1 Å². The molecule has 0 saturated carbocycles. The fourth-order valence-electron chi connectivity index (χ4n) is 2.15. The molecule has 0 amide bonds. The monoisotopic (exact) mass is 293 g/mol. The van der Waals surface area contributed by atoms with Gasteiger partial charge in [0.25, 0.3) is 0 Å². The lowest BCUT2D eigenvalue weighted by Gasteiger charge is -2.12. The molecule has 0 aliphatic rings. The molecule has 0 spiro atoms. The molecule has 2 aromatic rings. The van der Waals surface area contributed by atoms with E-state index < -0.39 is 0 Å². The summed E-state index contributed by atoms with van der Waals surface area (Å²) >= 11 is 5.68. The Kier molecular flexibility index (Phi) is 5.01. The van der Waals surface area contributed by atoms with E-state index in [1.54, 1.807) is 4.68 Å². The lowest BCUT2D eigenvalue weighted by molar-refractivity contribution is 0.289. The maximum absolute atomic E-state index is 5.75. The predicted molar refractivity (Wildman–Crippen MR) is 80.3 cm³/mol. The second kappa shape index (κ2) is 6.75. The Balaban J connectivity index is 1.89. The minimum atomic E-state index is 0.386. The summed E-state index contributed by atoms with van der Waals surface area (Å²) in [6, 6.07) is 6.24. The third kappa shape index (κ3) is 3.73. The summed E-state index contributed by atoms with van der Waals surface area (Å²) in [4.78, 5) is 0. The first kappa shape index (κ1) is 14.9. The van der Waals surface area contributed by atoms with Gasteiger partial charge in [-0.25, -0.2) is 4.68 Å². The Bertz CT molecular complexity index is 566. The number of nitrogens with zero attached hydrogens (tertiary/aromatic N) is 3. The smallest absolute Gasteiger partial charge is 0.119 e. The average Bonchev–Trinajstić information content (AvgIpc) is 2.86. The van der Waals surface area contributed by atoms with E-state index in [9.17, 15) is 0 Å². The van der Waals surface area contributed by atoms with Crippen LogP contribution in [0.4, 0.5) is 0 Å². The molecule has 0 saturated heterocycles. The molecule has 1 aromatic carbocycles. The summed E-state index contributed by atoms with van der Waals surface area (Å²) in [6.45, 7) is 7.73. The van der Waals surface area contributed by atoms with Crippen LogP contribution in [-0.2, 0) is 12.4 Å². The van der Waals surface area contributed by atoms with Gasteiger partial charge < -0.3 is 4.74 Å². The molecule has 5 heteroatoms. The molecule has 0 radical (unpaired) electrons. The highest BCUT2D eigenvalue weighted by Gasteiger charge is 2.05. The van der Waals surface area contributed by atoms with Crippen LogP contribution >= 0.6 is 11.6 Å². The first-order chi connectivity index (χ1) is 9.60. The third-order valence-corrected chi connectivity index (χ3v) is 3.45. The van der Waals surface area contributed by atoms with Crippen LogP contribution in [0.2, 0.25) is 0 Å². The van der Waals surface area contributed by atoms with Gasteiger partial charge in [0.2, 0.25) is 0 Å². The molecule has 0 N–H and O–H groups in total. The van der Waals surface area contributed by atoms with Crippen LogP contribution in [0.1, 0.15) is 36.6 Å². The molecule has 0 aliphatic heterocycles. The van der Waals surface area contributed by atoms with Gasteiger partial charge in [0.15, 0.2) is 0 Å². The summed E-state index contributed by atoms with van der Waals surface area (Å²) in [5, 5.41) is 7.91. The molecular weight excluding hydrogens is 274 g/mol. The number of aromatic nitrogens is 3. The largest absolute Gasteiger partial charge is 0.492 e. The van der Waals surface area contributed by atoms with Crippen LogP contribution in [0.25, 0.3) is 0 Å². The molecule has 0 fully saturated rings. The molecular formula is C15H20ClN3O. The minimum absolute atomic E-state index is 0.386. The summed E-state index contributed by atoms with van der Waals surface area (Å²) in [5.74, 6) is 1.81. The van der Waals surface area contributed by atoms with Crippen LogP contribution in [0, 0.1) is 6.92 Å². The van der Waals surface area contributed by atoms with Crippen molar-refractivity contribution in [1.29, 1.82) is 0 Å². The zero-order valence-corrected chi connectivity index (χ0v) is 12.9. The predicted octanol–water partition coefficient (Wildman–Crippen LogP) is 3.53. The Morgan fingerprint density at radius 3 is 2.75 bits per heavy atom. The van der Waals surface area contributed by atoms with Gasteiger partial charge in [-0.3, -0.25) is 0 Å². The Hall–Kier alpha value is -1.55. The summed E-state index contributed by atoms with van der Waals surface area (Å²) in [5.41, 5.74) is 3.41. The van der Waals surface area contributed by atoms with Crippen molar-refractivity contribution in [3.63, 3.8) is 0 Å². The molecule has 2 rings (SSSR count). The molecule has 0 atom stereocenters. The van der Waals surface area contributed by atoms with E-state index in [0.717, 1.165) is 11.4 Å². The van der Waals surface area contributed by atoms with Crippen LogP contribution in [0.3, 0.4) is 0 Å². The second-order valence-corrected chi connectivity index (χ2v) is 5.40. The van der Waals surface area contributed by atoms with Gasteiger partial charge in [-0.2, -0.15) is 0 Å². The first-order valence-electron chi connectivity index (χ1n) is 6.78. The van der Waals surface area contributed by atoms with Crippen LogP contribution in [0.15, 0.2) is 24.4 Å². The quantitative estimate of drug-likeness (QED) is 0.765. The average molecular weight is 294 g/mol. The van der Waals surface area contributed by atoms with Gasteiger partial charge in [-0.1, -0.05) is 25.1 Å². The summed E-state index contributed by atoms with van der Waals surface area (Å²) in [7, 11) is 0. The number of halogens is 1. The van der Waals surface area contributed by atoms with Gasteiger partial charge in [-0.15, -0.1) is 16.7 Å². The number of benzene rings is 1. The van der Waals surface area contributed by atoms with E-state index in [-0.39, 0.29) is 0 Å². The summed E-state index contributed by atoms with van der Waals surface area (Å²) in [6.07, 6.45) is 1.84. The highest BCUT2D eigenvalue weighted by atomic mass is 35.5. The van der Waals surface area contributed by atoms with Crippen molar-refractivity contribution in [2.75, 3.05) is 6.61 Å². The summed E-state index contributed by atoms with van der Waals surface area (Å²) < 4.78 is 7.49. The molecule has 20 heavy (non-hydrogen) atoms. The zero-order valence-electron chi connectivity index (χ0n) is 12.1. The number of ether oxygens (including phenoxy) is 1. The number of rotatable bonds is 6. The highest BCUT2D eigenvalue weighted by Crippen LogP contribution is 2.23. The van der Waals surface area contributed by atoms with Crippen LogP contribution < -0.4 is 4.74 Å². The van der Waals surface area contributed by atoms with E-state index >= 15 is 0 Å². The maximum atomic E-state index is 5.75. The van der Waals surface area contributed by atoms with Gasteiger partial charge >= 0.3 is 0 Å². The fourth-order valence-corrected chi connectivity index (χ4v) is 2.27. The van der Waals surface area contributed by atoms with E-state index in [1.807, 2.05) is 12.3 Å². The molecule has 1 aromatic heterocycles. The van der Waals surface area contributed by atoms with Gasteiger partial charge in [0.1, 0.15) is 12.4 Å². The lowest BCUT2D eigenvalue weighted by Crippen LogP contribution is -2.09. The second-order valence-electron chi connectivity index (χ2n) is 5.13. The molecule has 0 unspecified atom stereocenters. The standard InChI is InChI=1S/C15H20ClN3O/c1-11(2)15-5-4-14(8-12(15)3)20-7-6-19-10-13(9-16)17-18-19/h4-5,8,10-11H,6-7,9H2,1-3H3. The molecule has 0 aliphatic carbocycles. The van der Waals surface area contributed by atoms with E-state index in [4.69, 9.17) is 16.3 Å². The number of alkyl halides is 1. The normalized spacial score (nSPS) is 11.1. The maximum Gasteiger partial charge on any atom is 0.119 e. The number of aryl methyl sites for hydroxylation is 1. The molecule has 108 valence electrons. The van der Waals surface area contributed by atoms with E-state index in [0.29, 0.717) is 24.9 Å². The Morgan fingerprint density at radius 1 is 1.35 bits per heavy atom. The number of hydrogen-bond acceptors (Lipinski definition) is 3. The third-order valence-electron chi connectivity index (χ3n) is 3.18. The minimum Gasteiger partial charge on any atom is -0.492 e. The van der Waals surface area contributed by atoms with Gasteiger partial charge in [0, 0.05) is 6.20 Å². The van der Waals surface area contributed by atoms with E-state index in [2.05, 4.69) is 43.2 Å². The SMILES string of the molecule is Cc1cc(OCCn2cc(CCl)nn2)ccc1C(C)C. The molecule has 1 heterocycles. The molecule has 4 nitrogen and oxygen atoms in total. The zero-order chi connectivity index (χ0) is 14.5. The first-order valence-corrected chi connectivity index (χ1v) is 7.32. The van der Waals surface area contributed by atoms with Crippen LogP contribution in [-0.4, -0.2) is 21.6 Å². The van der Waals surface area contributed by atoms with Crippen molar-refractivity contribution >= 4 is 11.6 Å². The van der Waals surface area contributed by atoms with Crippen molar-refractivity contribution in [3.8, 4) is 5.75 Å². The fraction of sp³-hybridized carbons (Fsp3) is 0.467. The van der Waals surface area contributed by atoms with Crippen molar-refractivity contribution in [2.45, 2.75) is 39.1 Å². The van der Waals surface area contributed by atoms with Crippen molar-refractivity contribution in [1.82, 2.24) is 15.0 Å². The Morgan fingerprint density at radius 2 is 2.15 bits per heavy atom. The van der Waals surface area contributed by atoms with Crippen LogP contribution in [0.5, 0.6) is 5.75 Å². The Labute approximate surface area is 124 Å². The topological polar surface area (TPSA) is 39.9 Å². The molecule has 0 bridgehead atoms. The van der Waals surface area contributed by atoms with Crippen molar-refractivity contribution in [3.05, 3.63) is 41.2 Å². The lowest BCUT2D eigenvalue weighted by atomic mass is 9.98.